The van der Waals surface area contributed by atoms with Gasteiger partial charge in [-0.2, -0.15) is 0 Å². The lowest BCUT2D eigenvalue weighted by Crippen LogP contribution is -2.45. The van der Waals surface area contributed by atoms with E-state index in [-0.39, 0.29) is 0 Å². The number of fused-ring (bicyclic) bond motifs is 1. The molecule has 3 aliphatic carbocycles. The van der Waals surface area contributed by atoms with E-state index in [0.29, 0.717) is 23.7 Å². The molecule has 0 radical (unpaired) electrons. The van der Waals surface area contributed by atoms with Gasteiger partial charge in [0.2, 0.25) is 0 Å². The Labute approximate surface area is 196 Å². The lowest BCUT2D eigenvalue weighted by molar-refractivity contribution is -0.0404. The Balaban J connectivity index is 1.72. The first-order valence-corrected chi connectivity index (χ1v) is 12.9. The molecule has 0 saturated heterocycles. The monoisotopic (exact) mass is 444 g/mol. The molecule has 6 atom stereocenters. The van der Waals surface area contributed by atoms with Crippen LogP contribution < -0.4 is 0 Å². The van der Waals surface area contributed by atoms with Gasteiger partial charge in [-0.15, -0.1) is 0 Å². The highest BCUT2D eigenvalue weighted by atomic mass is 16.3. The van der Waals surface area contributed by atoms with Gasteiger partial charge in [-0.3, -0.25) is 0 Å². The predicted octanol–water partition coefficient (Wildman–Crippen LogP) is 6.34. The number of allylic oxidation sites excluding steroid dienone is 3. The van der Waals surface area contributed by atoms with Gasteiger partial charge in [0.1, 0.15) is 0 Å². The molecule has 3 rings (SSSR count). The highest BCUT2D eigenvalue weighted by Gasteiger charge is 2.50. The average Bonchev–Trinajstić information content (AvgIpc) is 3.05. The Bertz CT molecular complexity index is 753. The molecule has 3 nitrogen and oxygen atoms in total. The first-order valence-electron chi connectivity index (χ1n) is 12.9. The molecule has 0 aromatic heterocycles. The summed E-state index contributed by atoms with van der Waals surface area (Å²) >= 11 is 0. The third-order valence-electron chi connectivity index (χ3n) is 9.39. The summed E-state index contributed by atoms with van der Waals surface area (Å²) in [5.41, 5.74) is 2.57. The van der Waals surface area contributed by atoms with Crippen molar-refractivity contribution in [2.75, 3.05) is 0 Å². The van der Waals surface area contributed by atoms with Gasteiger partial charge in [-0.25, -0.2) is 0 Å². The standard InChI is InChI=1S/C29H48O3/c1-19(10-8-16-27(3,4)32)23-14-15-24-21(11-9-17-29(23,24)7)12-13-22-18-25(30)28(5,6)26(31)20(22)2/h12-13,19,23-26,30-32H,2,8-11,14-18H2,1,3-7H3/b21-12+,22-13-/t19-,23?,24?,25+,26+,29-/m1/s1. The van der Waals surface area contributed by atoms with Crippen LogP contribution in [-0.2, 0) is 0 Å². The van der Waals surface area contributed by atoms with Crippen molar-refractivity contribution in [3.8, 4) is 0 Å². The van der Waals surface area contributed by atoms with E-state index in [2.05, 4.69) is 32.6 Å². The minimum absolute atomic E-state index is 0.362. The van der Waals surface area contributed by atoms with Crippen LogP contribution in [0, 0.1) is 28.6 Å². The van der Waals surface area contributed by atoms with E-state index < -0.39 is 23.2 Å². The van der Waals surface area contributed by atoms with E-state index >= 15 is 0 Å². The molecule has 3 heteroatoms. The smallest absolute Gasteiger partial charge is 0.0862 e. The molecule has 3 fully saturated rings. The van der Waals surface area contributed by atoms with Crippen molar-refractivity contribution in [3.63, 3.8) is 0 Å². The Morgan fingerprint density at radius 3 is 2.50 bits per heavy atom. The van der Waals surface area contributed by atoms with Gasteiger partial charge in [0.15, 0.2) is 0 Å². The number of hydrogen-bond donors (Lipinski definition) is 3. The van der Waals surface area contributed by atoms with Crippen LogP contribution in [0.15, 0.2) is 35.5 Å². The summed E-state index contributed by atoms with van der Waals surface area (Å²) in [5, 5.41) is 31.3. The van der Waals surface area contributed by atoms with Crippen molar-refractivity contribution in [2.45, 2.75) is 117 Å². The van der Waals surface area contributed by atoms with Gasteiger partial charge < -0.3 is 15.3 Å². The molecule has 0 spiro atoms. The maximum Gasteiger partial charge on any atom is 0.0862 e. The van der Waals surface area contributed by atoms with Crippen LogP contribution in [0.25, 0.3) is 0 Å². The summed E-state index contributed by atoms with van der Waals surface area (Å²) in [6.07, 6.45) is 13.2. The van der Waals surface area contributed by atoms with Crippen molar-refractivity contribution in [1.29, 1.82) is 0 Å². The summed E-state index contributed by atoms with van der Waals surface area (Å²) in [6, 6.07) is 0. The zero-order chi connectivity index (χ0) is 23.9. The van der Waals surface area contributed by atoms with Gasteiger partial charge in [0.25, 0.3) is 0 Å². The van der Waals surface area contributed by atoms with Gasteiger partial charge in [-0.1, -0.05) is 64.8 Å². The van der Waals surface area contributed by atoms with E-state index in [9.17, 15) is 15.3 Å². The number of aliphatic hydroxyl groups is 3. The molecule has 182 valence electrons. The Morgan fingerprint density at radius 1 is 1.16 bits per heavy atom. The SMILES string of the molecule is C=C1/C(=C\C=C2/CCC[C@@]3(C)C2CCC3[C@H](C)CCCC(C)(C)O)C[C@H](O)C(C)(C)[C@H]1O. The molecular weight excluding hydrogens is 396 g/mol. The molecule has 0 heterocycles. The maximum atomic E-state index is 10.7. The molecule has 0 bridgehead atoms. The van der Waals surface area contributed by atoms with Crippen LogP contribution in [-0.4, -0.2) is 33.1 Å². The van der Waals surface area contributed by atoms with Crippen LogP contribution in [0.4, 0.5) is 0 Å². The molecule has 0 aliphatic heterocycles. The summed E-state index contributed by atoms with van der Waals surface area (Å²) in [7, 11) is 0. The lowest BCUT2D eigenvalue weighted by atomic mass is 9.60. The second kappa shape index (κ2) is 9.39. The van der Waals surface area contributed by atoms with Gasteiger partial charge in [0, 0.05) is 5.41 Å². The van der Waals surface area contributed by atoms with E-state index in [4.69, 9.17) is 0 Å². The van der Waals surface area contributed by atoms with Crippen LogP contribution in [0.5, 0.6) is 0 Å². The normalized spacial score (nSPS) is 38.8. The molecule has 3 saturated carbocycles. The van der Waals surface area contributed by atoms with Crippen molar-refractivity contribution < 1.29 is 15.3 Å². The molecular formula is C29H48O3. The fourth-order valence-electron chi connectivity index (χ4n) is 7.06. The fraction of sp³-hybridized carbons (Fsp3) is 0.793. The van der Waals surface area contributed by atoms with Crippen LogP contribution >= 0.6 is 0 Å². The molecule has 0 aromatic rings. The summed E-state index contributed by atoms with van der Waals surface area (Å²) in [5.74, 6) is 2.08. The first kappa shape index (κ1) is 25.7. The minimum Gasteiger partial charge on any atom is -0.392 e. The third-order valence-corrected chi connectivity index (χ3v) is 9.39. The third kappa shape index (κ3) is 5.10. The van der Waals surface area contributed by atoms with E-state index in [1.807, 2.05) is 27.7 Å². The van der Waals surface area contributed by atoms with Crippen molar-refractivity contribution in [3.05, 3.63) is 35.5 Å². The highest BCUT2D eigenvalue weighted by Crippen LogP contribution is 2.60. The summed E-state index contributed by atoms with van der Waals surface area (Å²) in [6.45, 7) is 16.8. The largest absolute Gasteiger partial charge is 0.392 e. The second-order valence-electron chi connectivity index (χ2n) is 12.7. The molecule has 32 heavy (non-hydrogen) atoms. The Hall–Kier alpha value is -0.900. The Kier molecular flexibility index (Phi) is 7.55. The molecule has 3 aliphatic rings. The average molecular weight is 445 g/mol. The number of hydrogen-bond acceptors (Lipinski definition) is 3. The quantitative estimate of drug-likeness (QED) is 0.448. The van der Waals surface area contributed by atoms with Gasteiger partial charge >= 0.3 is 0 Å². The van der Waals surface area contributed by atoms with Gasteiger partial charge in [0.05, 0.1) is 17.8 Å². The summed E-state index contributed by atoms with van der Waals surface area (Å²) in [4.78, 5) is 0. The van der Waals surface area contributed by atoms with Crippen molar-refractivity contribution in [1.82, 2.24) is 0 Å². The predicted molar refractivity (Wildman–Crippen MR) is 133 cm³/mol. The minimum atomic E-state index is -0.701. The molecule has 0 aromatic carbocycles. The topological polar surface area (TPSA) is 60.7 Å². The maximum absolute atomic E-state index is 10.7. The Morgan fingerprint density at radius 2 is 1.84 bits per heavy atom. The van der Waals surface area contributed by atoms with E-state index in [1.165, 1.54) is 32.1 Å². The van der Waals surface area contributed by atoms with Crippen molar-refractivity contribution >= 4 is 0 Å². The zero-order valence-corrected chi connectivity index (χ0v) is 21.5. The van der Waals surface area contributed by atoms with Gasteiger partial charge in [-0.05, 0) is 93.1 Å². The van der Waals surface area contributed by atoms with E-state index in [0.717, 1.165) is 36.3 Å². The van der Waals surface area contributed by atoms with Crippen molar-refractivity contribution in [2.24, 2.45) is 28.6 Å². The lowest BCUT2D eigenvalue weighted by Gasteiger charge is -2.44. The van der Waals surface area contributed by atoms with E-state index in [1.54, 1.807) is 5.57 Å². The van der Waals surface area contributed by atoms with Crippen LogP contribution in [0.2, 0.25) is 0 Å². The zero-order valence-electron chi connectivity index (χ0n) is 21.5. The fourth-order valence-corrected chi connectivity index (χ4v) is 7.06. The first-order chi connectivity index (χ1) is 14.8. The van der Waals surface area contributed by atoms with Crippen LogP contribution in [0.3, 0.4) is 0 Å². The molecule has 3 N–H and O–H groups in total. The molecule has 0 amide bonds. The molecule has 2 unspecified atom stereocenters. The number of aliphatic hydroxyl groups excluding tert-OH is 2. The number of rotatable bonds is 6. The van der Waals surface area contributed by atoms with Crippen LogP contribution in [0.1, 0.15) is 99.3 Å². The highest BCUT2D eigenvalue weighted by molar-refractivity contribution is 5.40. The summed E-state index contributed by atoms with van der Waals surface area (Å²) < 4.78 is 0. The second-order valence-corrected chi connectivity index (χ2v) is 12.7.